The summed E-state index contributed by atoms with van der Waals surface area (Å²) in [7, 11) is 0. The highest BCUT2D eigenvalue weighted by molar-refractivity contribution is 6.05. The number of fused-ring (bicyclic) bond motifs is 2. The molecule has 0 saturated carbocycles. The minimum atomic E-state index is -0.675. The Kier molecular flexibility index (Phi) is 3.85. The number of carbonyl (C=O) groups is 1. The van der Waals surface area contributed by atoms with Crippen LogP contribution in [-0.4, -0.2) is 19.1 Å². The summed E-state index contributed by atoms with van der Waals surface area (Å²) in [6.45, 7) is 1.15. The van der Waals surface area contributed by atoms with E-state index in [1.54, 1.807) is 36.4 Å². The Labute approximate surface area is 143 Å². The zero-order chi connectivity index (χ0) is 17.2. The number of carbonyl (C=O) groups excluding carboxylic acids is 1. The largest absolute Gasteiger partial charge is 0.490 e. The molecule has 3 aromatic rings. The third kappa shape index (κ3) is 3.06. The summed E-state index contributed by atoms with van der Waals surface area (Å²) in [5.74, 6) is 0.676. The molecule has 0 fully saturated rings. The number of benzene rings is 2. The fraction of sp³-hybridized carbons (Fsp3) is 0.158. The molecule has 1 aliphatic rings. The van der Waals surface area contributed by atoms with E-state index < -0.39 is 11.5 Å². The highest BCUT2D eigenvalue weighted by atomic mass is 16.5. The second-order valence-corrected chi connectivity index (χ2v) is 5.65. The monoisotopic (exact) mass is 337 g/mol. The van der Waals surface area contributed by atoms with E-state index in [4.69, 9.17) is 13.9 Å². The molecule has 0 unspecified atom stereocenters. The minimum absolute atomic E-state index is 0.0502. The highest BCUT2D eigenvalue weighted by Crippen LogP contribution is 2.32. The molecule has 2 heterocycles. The lowest BCUT2D eigenvalue weighted by Gasteiger charge is -2.10. The average Bonchev–Trinajstić information content (AvgIpc) is 2.86. The van der Waals surface area contributed by atoms with Gasteiger partial charge < -0.3 is 19.2 Å². The van der Waals surface area contributed by atoms with Gasteiger partial charge in [-0.3, -0.25) is 4.79 Å². The number of anilines is 1. The smallest absolute Gasteiger partial charge is 0.349 e. The molecule has 25 heavy (non-hydrogen) atoms. The van der Waals surface area contributed by atoms with Crippen LogP contribution in [-0.2, 0) is 0 Å². The van der Waals surface area contributed by atoms with Gasteiger partial charge in [0.2, 0.25) is 0 Å². The van der Waals surface area contributed by atoms with Crippen LogP contribution in [0.5, 0.6) is 11.5 Å². The van der Waals surface area contributed by atoms with Gasteiger partial charge in [-0.25, -0.2) is 4.79 Å². The Morgan fingerprint density at radius 2 is 1.76 bits per heavy atom. The molecule has 126 valence electrons. The molecule has 6 heteroatoms. The van der Waals surface area contributed by atoms with Gasteiger partial charge in [0.25, 0.3) is 5.91 Å². The molecule has 1 aliphatic heterocycles. The number of para-hydroxylation sites is 1. The predicted octanol–water partition coefficient (Wildman–Crippen LogP) is 3.21. The van der Waals surface area contributed by atoms with Crippen LogP contribution in [0.4, 0.5) is 5.69 Å². The van der Waals surface area contributed by atoms with Crippen molar-refractivity contribution >= 4 is 22.6 Å². The minimum Gasteiger partial charge on any atom is -0.490 e. The molecule has 0 bridgehead atoms. The van der Waals surface area contributed by atoms with E-state index in [2.05, 4.69) is 5.32 Å². The van der Waals surface area contributed by atoms with Crippen molar-refractivity contribution < 1.29 is 18.7 Å². The first-order chi connectivity index (χ1) is 12.2. The predicted molar refractivity (Wildman–Crippen MR) is 92.5 cm³/mol. The summed E-state index contributed by atoms with van der Waals surface area (Å²) < 4.78 is 16.4. The maximum atomic E-state index is 12.5. The molecule has 0 atom stereocenters. The molecule has 4 rings (SSSR count). The van der Waals surface area contributed by atoms with Crippen molar-refractivity contribution in [2.45, 2.75) is 6.42 Å². The van der Waals surface area contributed by atoms with Crippen molar-refractivity contribution in [3.8, 4) is 11.5 Å². The summed E-state index contributed by atoms with van der Waals surface area (Å²) in [6, 6.07) is 13.7. The standard InChI is InChI=1S/C19H15NO5/c21-18(14-10-12-4-1-2-5-15(12)25-19(14)22)20-13-6-7-16-17(11-13)24-9-3-8-23-16/h1-2,4-7,10-11H,3,8-9H2,(H,20,21). The van der Waals surface area contributed by atoms with Crippen LogP contribution >= 0.6 is 0 Å². The van der Waals surface area contributed by atoms with Crippen LogP contribution in [0.1, 0.15) is 16.8 Å². The number of nitrogens with one attached hydrogen (secondary N) is 1. The van der Waals surface area contributed by atoms with Crippen LogP contribution in [0, 0.1) is 0 Å². The lowest BCUT2D eigenvalue weighted by Crippen LogP contribution is -2.20. The van der Waals surface area contributed by atoms with Crippen molar-refractivity contribution in [1.82, 2.24) is 0 Å². The van der Waals surface area contributed by atoms with Gasteiger partial charge in [-0.1, -0.05) is 18.2 Å². The van der Waals surface area contributed by atoms with E-state index in [1.807, 2.05) is 6.07 Å². The summed E-state index contributed by atoms with van der Waals surface area (Å²) >= 11 is 0. The lowest BCUT2D eigenvalue weighted by atomic mass is 10.1. The summed E-state index contributed by atoms with van der Waals surface area (Å²) in [4.78, 5) is 24.5. The van der Waals surface area contributed by atoms with Crippen molar-refractivity contribution in [3.63, 3.8) is 0 Å². The topological polar surface area (TPSA) is 77.8 Å². The average molecular weight is 337 g/mol. The SMILES string of the molecule is O=C(Nc1ccc2c(c1)OCCCO2)c1cc2ccccc2oc1=O. The Balaban J connectivity index is 1.63. The van der Waals surface area contributed by atoms with E-state index >= 15 is 0 Å². The molecular weight excluding hydrogens is 322 g/mol. The van der Waals surface area contributed by atoms with Gasteiger partial charge in [0, 0.05) is 23.6 Å². The fourth-order valence-electron chi connectivity index (χ4n) is 2.66. The lowest BCUT2D eigenvalue weighted by molar-refractivity contribution is 0.102. The summed E-state index contributed by atoms with van der Waals surface area (Å²) in [5.41, 5.74) is 0.234. The Hall–Kier alpha value is -3.28. The first-order valence-electron chi connectivity index (χ1n) is 7.94. The van der Waals surface area contributed by atoms with Gasteiger partial charge in [0.1, 0.15) is 11.1 Å². The Morgan fingerprint density at radius 1 is 0.960 bits per heavy atom. The maximum Gasteiger partial charge on any atom is 0.349 e. The number of rotatable bonds is 2. The Bertz CT molecular complexity index is 1010. The number of hydrogen-bond acceptors (Lipinski definition) is 5. The zero-order valence-corrected chi connectivity index (χ0v) is 13.3. The fourth-order valence-corrected chi connectivity index (χ4v) is 2.66. The van der Waals surface area contributed by atoms with E-state index in [-0.39, 0.29) is 5.56 Å². The van der Waals surface area contributed by atoms with Crippen LogP contribution in [0.25, 0.3) is 11.0 Å². The molecule has 0 saturated heterocycles. The van der Waals surface area contributed by atoms with Crippen molar-refractivity contribution in [1.29, 1.82) is 0 Å². The highest BCUT2D eigenvalue weighted by Gasteiger charge is 2.16. The third-order valence-corrected chi connectivity index (χ3v) is 3.89. The molecule has 1 amide bonds. The molecule has 1 N–H and O–H groups in total. The van der Waals surface area contributed by atoms with E-state index in [0.717, 1.165) is 6.42 Å². The normalized spacial score (nSPS) is 13.3. The quantitative estimate of drug-likeness (QED) is 0.727. The van der Waals surface area contributed by atoms with Crippen molar-refractivity contribution in [2.24, 2.45) is 0 Å². The third-order valence-electron chi connectivity index (χ3n) is 3.89. The van der Waals surface area contributed by atoms with Crippen LogP contribution in [0.2, 0.25) is 0 Å². The molecule has 0 aliphatic carbocycles. The maximum absolute atomic E-state index is 12.5. The number of amides is 1. The van der Waals surface area contributed by atoms with E-state index in [1.165, 1.54) is 6.07 Å². The van der Waals surface area contributed by atoms with Gasteiger partial charge in [0.15, 0.2) is 11.5 Å². The second kappa shape index (κ2) is 6.32. The molecule has 0 radical (unpaired) electrons. The van der Waals surface area contributed by atoms with Crippen LogP contribution in [0.3, 0.4) is 0 Å². The summed E-state index contributed by atoms with van der Waals surface area (Å²) in [6.07, 6.45) is 0.800. The molecule has 6 nitrogen and oxygen atoms in total. The van der Waals surface area contributed by atoms with E-state index in [0.29, 0.717) is 41.4 Å². The first-order valence-corrected chi connectivity index (χ1v) is 7.94. The van der Waals surface area contributed by atoms with Crippen LogP contribution < -0.4 is 20.4 Å². The zero-order valence-electron chi connectivity index (χ0n) is 13.3. The summed E-state index contributed by atoms with van der Waals surface area (Å²) in [5, 5.41) is 3.39. The molecule has 2 aromatic carbocycles. The van der Waals surface area contributed by atoms with Crippen molar-refractivity contribution in [3.05, 3.63) is 64.5 Å². The number of hydrogen-bond donors (Lipinski definition) is 1. The molecule has 1 aromatic heterocycles. The molecule has 0 spiro atoms. The van der Waals surface area contributed by atoms with Gasteiger partial charge in [-0.05, 0) is 24.3 Å². The van der Waals surface area contributed by atoms with Crippen LogP contribution in [0.15, 0.2) is 57.7 Å². The second-order valence-electron chi connectivity index (χ2n) is 5.65. The van der Waals surface area contributed by atoms with E-state index in [9.17, 15) is 9.59 Å². The van der Waals surface area contributed by atoms with Crippen molar-refractivity contribution in [2.75, 3.05) is 18.5 Å². The van der Waals surface area contributed by atoms with Gasteiger partial charge >= 0.3 is 5.63 Å². The van der Waals surface area contributed by atoms with Gasteiger partial charge in [0.05, 0.1) is 13.2 Å². The Morgan fingerprint density at radius 3 is 2.64 bits per heavy atom. The van der Waals surface area contributed by atoms with Gasteiger partial charge in [-0.15, -0.1) is 0 Å². The molecular formula is C19H15NO5. The first kappa shape index (κ1) is 15.3. The number of ether oxygens (including phenoxy) is 2. The van der Waals surface area contributed by atoms with Gasteiger partial charge in [-0.2, -0.15) is 0 Å².